The molecule has 0 radical (unpaired) electrons. The summed E-state index contributed by atoms with van der Waals surface area (Å²) < 4.78 is 10.6. The maximum atomic E-state index is 5.31. The predicted octanol–water partition coefficient (Wildman–Crippen LogP) is 8.51. The summed E-state index contributed by atoms with van der Waals surface area (Å²) in [4.78, 5) is 22.7. The standard InChI is InChI=1S/C36H32N6O2/c1-25-5-17-33(37-21-25)41(34-18-6-26(2)22-38-34)29-11-7-27(8-12-29)28-9-13-30(14-10-28)42(35-19-15-31(43-3)23-39-35)36-20-16-32(44-4)24-40-36/h5-24H,1-4H3. The van der Waals surface area contributed by atoms with Crippen LogP contribution in [-0.2, 0) is 0 Å². The molecule has 44 heavy (non-hydrogen) atoms. The highest BCUT2D eigenvalue weighted by atomic mass is 16.5. The monoisotopic (exact) mass is 580 g/mol. The molecule has 4 aromatic heterocycles. The largest absolute Gasteiger partial charge is 0.495 e. The van der Waals surface area contributed by atoms with Crippen molar-refractivity contribution >= 4 is 34.6 Å². The van der Waals surface area contributed by atoms with Crippen molar-refractivity contribution in [2.45, 2.75) is 13.8 Å². The lowest BCUT2D eigenvalue weighted by atomic mass is 10.0. The van der Waals surface area contributed by atoms with E-state index >= 15 is 0 Å². The van der Waals surface area contributed by atoms with E-state index < -0.39 is 0 Å². The molecule has 0 aliphatic rings. The number of ether oxygens (including phenoxy) is 2. The van der Waals surface area contributed by atoms with E-state index in [9.17, 15) is 0 Å². The highest BCUT2D eigenvalue weighted by Crippen LogP contribution is 2.36. The second-order valence-electron chi connectivity index (χ2n) is 10.3. The number of anilines is 6. The van der Waals surface area contributed by atoms with Gasteiger partial charge in [0.15, 0.2) is 0 Å². The molecule has 2 aromatic carbocycles. The number of methoxy groups -OCH3 is 2. The van der Waals surface area contributed by atoms with Crippen molar-refractivity contribution < 1.29 is 9.47 Å². The fourth-order valence-corrected chi connectivity index (χ4v) is 4.81. The van der Waals surface area contributed by atoms with Gasteiger partial charge < -0.3 is 9.47 Å². The van der Waals surface area contributed by atoms with Gasteiger partial charge in [0.25, 0.3) is 0 Å². The number of rotatable bonds is 9. The summed E-state index contributed by atoms with van der Waals surface area (Å²) >= 11 is 0. The van der Waals surface area contributed by atoms with Crippen LogP contribution < -0.4 is 19.3 Å². The molecular formula is C36H32N6O2. The summed E-state index contributed by atoms with van der Waals surface area (Å²) in [6, 6.07) is 32.5. The lowest BCUT2D eigenvalue weighted by Gasteiger charge is -2.24. The molecule has 0 aliphatic carbocycles. The number of hydrogen-bond donors (Lipinski definition) is 0. The van der Waals surface area contributed by atoms with Gasteiger partial charge in [0.2, 0.25) is 0 Å². The van der Waals surface area contributed by atoms with Crippen LogP contribution in [0.4, 0.5) is 34.6 Å². The maximum absolute atomic E-state index is 5.31. The molecule has 0 unspecified atom stereocenters. The first kappa shape index (κ1) is 28.4. The highest BCUT2D eigenvalue weighted by molar-refractivity contribution is 5.77. The van der Waals surface area contributed by atoms with E-state index in [1.807, 2.05) is 67.5 Å². The van der Waals surface area contributed by atoms with Gasteiger partial charge >= 0.3 is 0 Å². The van der Waals surface area contributed by atoms with Gasteiger partial charge in [0.1, 0.15) is 34.8 Å². The van der Waals surface area contributed by atoms with Crippen molar-refractivity contribution in [2.24, 2.45) is 0 Å². The third kappa shape index (κ3) is 6.05. The molecule has 8 nitrogen and oxygen atoms in total. The van der Waals surface area contributed by atoms with E-state index in [2.05, 4.69) is 85.5 Å². The Morgan fingerprint density at radius 3 is 1.02 bits per heavy atom. The number of aryl methyl sites for hydroxylation is 2. The van der Waals surface area contributed by atoms with Gasteiger partial charge in [-0.15, -0.1) is 0 Å². The third-order valence-electron chi connectivity index (χ3n) is 7.21. The number of aromatic nitrogens is 4. The molecule has 4 heterocycles. The van der Waals surface area contributed by atoms with Gasteiger partial charge in [-0.25, -0.2) is 19.9 Å². The molecule has 0 bridgehead atoms. The lowest BCUT2D eigenvalue weighted by molar-refractivity contribution is 0.413. The van der Waals surface area contributed by atoms with Crippen molar-refractivity contribution in [3.8, 4) is 22.6 Å². The minimum Gasteiger partial charge on any atom is -0.495 e. The molecule has 218 valence electrons. The Labute approximate surface area is 257 Å². The molecule has 6 rings (SSSR count). The summed E-state index contributed by atoms with van der Waals surface area (Å²) in [7, 11) is 3.25. The van der Waals surface area contributed by atoms with Crippen LogP contribution in [0.15, 0.2) is 122 Å². The quantitative estimate of drug-likeness (QED) is 0.168. The lowest BCUT2D eigenvalue weighted by Crippen LogP contribution is -2.13. The van der Waals surface area contributed by atoms with Crippen LogP contribution in [0.2, 0.25) is 0 Å². The zero-order chi connectivity index (χ0) is 30.5. The molecule has 0 aliphatic heterocycles. The van der Waals surface area contributed by atoms with Crippen molar-refractivity contribution in [1.29, 1.82) is 0 Å². The van der Waals surface area contributed by atoms with E-state index in [0.29, 0.717) is 11.5 Å². The summed E-state index contributed by atoms with van der Waals surface area (Å²) in [5, 5.41) is 0. The molecule has 0 atom stereocenters. The third-order valence-corrected chi connectivity index (χ3v) is 7.21. The van der Waals surface area contributed by atoms with Gasteiger partial charge in [0, 0.05) is 23.8 Å². The number of benzene rings is 2. The van der Waals surface area contributed by atoms with Gasteiger partial charge in [0.05, 0.1) is 26.6 Å². The zero-order valence-corrected chi connectivity index (χ0v) is 25.0. The maximum Gasteiger partial charge on any atom is 0.138 e. The number of pyridine rings is 4. The first-order valence-corrected chi connectivity index (χ1v) is 14.2. The van der Waals surface area contributed by atoms with Crippen molar-refractivity contribution in [2.75, 3.05) is 24.0 Å². The van der Waals surface area contributed by atoms with Crippen LogP contribution in [0.25, 0.3) is 11.1 Å². The van der Waals surface area contributed by atoms with Crippen LogP contribution in [0.1, 0.15) is 11.1 Å². The Bertz CT molecular complexity index is 1710. The Morgan fingerprint density at radius 2 is 0.750 bits per heavy atom. The molecule has 6 aromatic rings. The molecule has 0 N–H and O–H groups in total. The van der Waals surface area contributed by atoms with E-state index in [-0.39, 0.29) is 0 Å². The summed E-state index contributed by atoms with van der Waals surface area (Å²) in [6.45, 7) is 4.07. The first-order chi connectivity index (χ1) is 21.5. The van der Waals surface area contributed by atoms with Crippen LogP contribution in [0.5, 0.6) is 11.5 Å². The molecule has 0 amide bonds. The SMILES string of the molecule is COc1ccc(N(c2ccc(-c3ccc(N(c4ccc(C)cn4)c4ccc(C)cn4)cc3)cc2)c2ccc(OC)cn2)nc1. The van der Waals surface area contributed by atoms with E-state index in [0.717, 1.165) is 56.9 Å². The van der Waals surface area contributed by atoms with E-state index in [1.165, 1.54) is 0 Å². The average molecular weight is 581 g/mol. The average Bonchev–Trinajstić information content (AvgIpc) is 3.08. The second kappa shape index (κ2) is 12.6. The minimum absolute atomic E-state index is 0.685. The minimum atomic E-state index is 0.685. The predicted molar refractivity (Wildman–Crippen MR) is 175 cm³/mol. The van der Waals surface area contributed by atoms with Crippen molar-refractivity contribution in [1.82, 2.24) is 19.9 Å². The Hall–Kier alpha value is -5.76. The fraction of sp³-hybridized carbons (Fsp3) is 0.111. The molecule has 8 heteroatoms. The summed E-state index contributed by atoms with van der Waals surface area (Å²) in [5.74, 6) is 4.42. The van der Waals surface area contributed by atoms with Gasteiger partial charge in [-0.2, -0.15) is 0 Å². The van der Waals surface area contributed by atoms with Gasteiger partial charge in [-0.3, -0.25) is 9.80 Å². The fourth-order valence-electron chi connectivity index (χ4n) is 4.81. The smallest absolute Gasteiger partial charge is 0.138 e. The zero-order valence-electron chi connectivity index (χ0n) is 25.0. The van der Waals surface area contributed by atoms with Crippen molar-refractivity contribution in [3.63, 3.8) is 0 Å². The van der Waals surface area contributed by atoms with E-state index in [4.69, 9.17) is 9.47 Å². The topological polar surface area (TPSA) is 76.5 Å². The van der Waals surface area contributed by atoms with Gasteiger partial charge in [-0.05, 0) is 96.8 Å². The highest BCUT2D eigenvalue weighted by Gasteiger charge is 2.17. The Kier molecular flexibility index (Phi) is 8.14. The number of nitrogens with zero attached hydrogens (tertiary/aromatic N) is 6. The van der Waals surface area contributed by atoms with E-state index in [1.54, 1.807) is 26.6 Å². The normalized spacial score (nSPS) is 10.7. The molecule has 0 spiro atoms. The second-order valence-corrected chi connectivity index (χ2v) is 10.3. The Morgan fingerprint density at radius 1 is 0.409 bits per heavy atom. The van der Waals surface area contributed by atoms with Crippen LogP contribution in [0.3, 0.4) is 0 Å². The van der Waals surface area contributed by atoms with Crippen LogP contribution >= 0.6 is 0 Å². The van der Waals surface area contributed by atoms with Gasteiger partial charge in [-0.1, -0.05) is 36.4 Å². The molecule has 0 saturated carbocycles. The van der Waals surface area contributed by atoms with Crippen LogP contribution in [-0.4, -0.2) is 34.2 Å². The molecular weight excluding hydrogens is 548 g/mol. The molecule has 0 fully saturated rings. The van der Waals surface area contributed by atoms with Crippen LogP contribution in [0, 0.1) is 13.8 Å². The summed E-state index contributed by atoms with van der Waals surface area (Å²) in [6.07, 6.45) is 7.14. The van der Waals surface area contributed by atoms with Crippen molar-refractivity contribution in [3.05, 3.63) is 133 Å². The Balaban J connectivity index is 1.31. The number of hydrogen-bond acceptors (Lipinski definition) is 8. The first-order valence-electron chi connectivity index (χ1n) is 14.2. The molecule has 0 saturated heterocycles. The summed E-state index contributed by atoms with van der Waals surface area (Å²) in [5.41, 5.74) is 6.27.